The first kappa shape index (κ1) is 13.7. The monoisotopic (exact) mass is 274 g/mol. The van der Waals surface area contributed by atoms with Gasteiger partial charge in [0.1, 0.15) is 17.7 Å². The second-order valence-corrected chi connectivity index (χ2v) is 4.44. The second-order valence-electron chi connectivity index (χ2n) is 4.44. The molecule has 0 aliphatic rings. The fraction of sp³-hybridized carbons (Fsp3) is 0.231. The highest BCUT2D eigenvalue weighted by molar-refractivity contribution is 5.83. The summed E-state index contributed by atoms with van der Waals surface area (Å²) in [7, 11) is 0. The lowest BCUT2D eigenvalue weighted by Crippen LogP contribution is -2.07. The molecule has 0 saturated carbocycles. The van der Waals surface area contributed by atoms with Gasteiger partial charge in [-0.05, 0) is 18.2 Å². The zero-order valence-electron chi connectivity index (χ0n) is 10.8. The molecule has 1 heterocycles. The number of carboxylic acids is 1. The summed E-state index contributed by atoms with van der Waals surface area (Å²) in [6, 6.07) is 5.49. The van der Waals surface area contributed by atoms with Crippen LogP contribution in [0.15, 0.2) is 18.2 Å². The van der Waals surface area contributed by atoms with Gasteiger partial charge in [-0.15, -0.1) is 5.10 Å². The van der Waals surface area contributed by atoms with E-state index in [9.17, 15) is 9.18 Å². The van der Waals surface area contributed by atoms with Crippen molar-refractivity contribution >= 4 is 5.97 Å². The van der Waals surface area contributed by atoms with Gasteiger partial charge >= 0.3 is 5.97 Å². The Morgan fingerprint density at radius 2 is 2.20 bits per heavy atom. The van der Waals surface area contributed by atoms with E-state index in [1.807, 2.05) is 19.9 Å². The van der Waals surface area contributed by atoms with Crippen LogP contribution >= 0.6 is 0 Å². The molecule has 0 spiro atoms. The Kier molecular flexibility index (Phi) is 3.48. The van der Waals surface area contributed by atoms with Crippen molar-refractivity contribution in [2.24, 2.45) is 0 Å². The van der Waals surface area contributed by atoms with Crippen molar-refractivity contribution in [3.8, 4) is 11.8 Å². The summed E-state index contributed by atoms with van der Waals surface area (Å²) in [5.74, 6) is -1.87. The number of carboxylic acid groups (broad SMARTS) is 1. The molecule has 0 radical (unpaired) electrons. The Labute approximate surface area is 114 Å². The molecule has 2 rings (SSSR count). The number of hydrogen-bond acceptors (Lipinski definition) is 4. The zero-order valence-corrected chi connectivity index (χ0v) is 10.8. The molecule has 1 N–H and O–H groups in total. The van der Waals surface area contributed by atoms with Crippen molar-refractivity contribution in [2.45, 2.75) is 19.8 Å². The van der Waals surface area contributed by atoms with E-state index in [0.29, 0.717) is 11.5 Å². The number of aromatic carboxylic acids is 1. The highest BCUT2D eigenvalue weighted by Gasteiger charge is 2.20. The largest absolute Gasteiger partial charge is 0.475 e. The molecule has 2 aromatic rings. The van der Waals surface area contributed by atoms with Gasteiger partial charge in [0, 0.05) is 5.92 Å². The lowest BCUT2D eigenvalue weighted by atomic mass is 10.1. The van der Waals surface area contributed by atoms with E-state index in [-0.39, 0.29) is 17.3 Å². The molecule has 20 heavy (non-hydrogen) atoms. The molecule has 0 saturated heterocycles. The summed E-state index contributed by atoms with van der Waals surface area (Å²) < 4.78 is 14.4. The van der Waals surface area contributed by atoms with Gasteiger partial charge in [-0.3, -0.25) is 0 Å². The van der Waals surface area contributed by atoms with Gasteiger partial charge < -0.3 is 5.11 Å². The van der Waals surface area contributed by atoms with Crippen LogP contribution in [0.5, 0.6) is 0 Å². The third-order valence-electron chi connectivity index (χ3n) is 2.65. The van der Waals surface area contributed by atoms with Crippen LogP contribution in [0.2, 0.25) is 0 Å². The molecular weight excluding hydrogens is 263 g/mol. The van der Waals surface area contributed by atoms with E-state index < -0.39 is 11.8 Å². The second kappa shape index (κ2) is 5.09. The van der Waals surface area contributed by atoms with Gasteiger partial charge in [0.15, 0.2) is 0 Å². The highest BCUT2D eigenvalue weighted by Crippen LogP contribution is 2.21. The third-order valence-corrected chi connectivity index (χ3v) is 2.65. The standard InChI is InChI=1S/C13H11FN4O2/c1-7(2)12-16-11(13(19)20)17-18(12)10-4-3-9(14)5-8(10)6-15/h3-5,7H,1-2H3,(H,19,20). The topological polar surface area (TPSA) is 91.8 Å². The summed E-state index contributed by atoms with van der Waals surface area (Å²) in [5.41, 5.74) is 0.367. The van der Waals surface area contributed by atoms with Crippen molar-refractivity contribution in [1.29, 1.82) is 5.26 Å². The van der Waals surface area contributed by atoms with E-state index in [0.717, 1.165) is 6.07 Å². The third kappa shape index (κ3) is 2.36. The lowest BCUT2D eigenvalue weighted by Gasteiger charge is -2.09. The number of hydrogen-bond donors (Lipinski definition) is 1. The van der Waals surface area contributed by atoms with Crippen LogP contribution < -0.4 is 0 Å². The molecule has 0 atom stereocenters. The van der Waals surface area contributed by atoms with Gasteiger partial charge in [0.05, 0.1) is 11.3 Å². The van der Waals surface area contributed by atoms with Crippen LogP contribution in [0, 0.1) is 17.1 Å². The molecule has 0 aliphatic carbocycles. The molecule has 0 amide bonds. The maximum atomic E-state index is 13.2. The van der Waals surface area contributed by atoms with E-state index in [1.54, 1.807) is 0 Å². The summed E-state index contributed by atoms with van der Waals surface area (Å²) in [6.07, 6.45) is 0. The first-order valence-electron chi connectivity index (χ1n) is 5.84. The average molecular weight is 274 g/mol. The van der Waals surface area contributed by atoms with Crippen LogP contribution in [0.25, 0.3) is 5.69 Å². The van der Waals surface area contributed by atoms with Gasteiger partial charge in [-0.25, -0.2) is 18.9 Å². The number of benzene rings is 1. The normalized spacial score (nSPS) is 10.6. The summed E-state index contributed by atoms with van der Waals surface area (Å²) >= 11 is 0. The fourth-order valence-corrected chi connectivity index (χ4v) is 1.75. The Morgan fingerprint density at radius 1 is 1.50 bits per heavy atom. The zero-order chi connectivity index (χ0) is 14.9. The summed E-state index contributed by atoms with van der Waals surface area (Å²) in [6.45, 7) is 3.64. The highest BCUT2D eigenvalue weighted by atomic mass is 19.1. The minimum atomic E-state index is -1.26. The van der Waals surface area contributed by atoms with Crippen molar-refractivity contribution in [1.82, 2.24) is 14.8 Å². The average Bonchev–Trinajstić information content (AvgIpc) is 2.83. The molecular formula is C13H11FN4O2. The molecule has 102 valence electrons. The van der Waals surface area contributed by atoms with Crippen molar-refractivity contribution in [2.75, 3.05) is 0 Å². The molecule has 1 aromatic heterocycles. The predicted molar refractivity (Wildman–Crippen MR) is 67.1 cm³/mol. The predicted octanol–water partition coefficient (Wildman–Crippen LogP) is 2.10. The van der Waals surface area contributed by atoms with Gasteiger partial charge in [0.25, 0.3) is 5.82 Å². The Balaban J connectivity index is 2.69. The SMILES string of the molecule is CC(C)c1nc(C(=O)O)nn1-c1ccc(F)cc1C#N. The maximum absolute atomic E-state index is 13.2. The smallest absolute Gasteiger partial charge is 0.375 e. The van der Waals surface area contributed by atoms with Crippen LogP contribution in [0.3, 0.4) is 0 Å². The molecule has 0 aliphatic heterocycles. The van der Waals surface area contributed by atoms with Gasteiger partial charge in [-0.1, -0.05) is 13.8 Å². The van der Waals surface area contributed by atoms with Crippen molar-refractivity contribution in [3.63, 3.8) is 0 Å². The number of carbonyl (C=O) groups is 1. The Hall–Kier alpha value is -2.75. The molecule has 0 unspecified atom stereocenters. The lowest BCUT2D eigenvalue weighted by molar-refractivity contribution is 0.0683. The number of halogens is 1. The first-order chi connectivity index (χ1) is 9.43. The summed E-state index contributed by atoms with van der Waals surface area (Å²) in [4.78, 5) is 14.9. The van der Waals surface area contributed by atoms with Gasteiger partial charge in [-0.2, -0.15) is 5.26 Å². The Bertz CT molecular complexity index is 716. The van der Waals surface area contributed by atoms with Crippen molar-refractivity contribution in [3.05, 3.63) is 41.2 Å². The van der Waals surface area contributed by atoms with Crippen LogP contribution in [-0.4, -0.2) is 25.8 Å². The van der Waals surface area contributed by atoms with Crippen LogP contribution in [-0.2, 0) is 0 Å². The molecule has 0 fully saturated rings. The molecule has 0 bridgehead atoms. The van der Waals surface area contributed by atoms with E-state index in [4.69, 9.17) is 10.4 Å². The minimum Gasteiger partial charge on any atom is -0.475 e. The molecule has 6 nitrogen and oxygen atoms in total. The quantitative estimate of drug-likeness (QED) is 0.925. The number of rotatable bonds is 3. The fourth-order valence-electron chi connectivity index (χ4n) is 1.75. The first-order valence-corrected chi connectivity index (χ1v) is 5.84. The van der Waals surface area contributed by atoms with E-state index >= 15 is 0 Å². The number of nitrogens with zero attached hydrogens (tertiary/aromatic N) is 4. The molecule has 1 aromatic carbocycles. The van der Waals surface area contributed by atoms with E-state index in [1.165, 1.54) is 16.8 Å². The minimum absolute atomic E-state index is 0.0636. The van der Waals surface area contributed by atoms with E-state index in [2.05, 4.69) is 10.1 Å². The summed E-state index contributed by atoms with van der Waals surface area (Å²) in [5, 5.41) is 21.9. The Morgan fingerprint density at radius 3 is 2.75 bits per heavy atom. The molecule has 7 heteroatoms. The van der Waals surface area contributed by atoms with Crippen LogP contribution in [0.1, 0.15) is 41.8 Å². The number of aromatic nitrogens is 3. The van der Waals surface area contributed by atoms with Crippen molar-refractivity contribution < 1.29 is 14.3 Å². The number of nitriles is 1. The maximum Gasteiger partial charge on any atom is 0.375 e. The van der Waals surface area contributed by atoms with Crippen LogP contribution in [0.4, 0.5) is 4.39 Å². The van der Waals surface area contributed by atoms with Gasteiger partial charge in [0.2, 0.25) is 0 Å².